The van der Waals surface area contributed by atoms with Gasteiger partial charge in [-0.3, -0.25) is 4.79 Å². The first-order chi connectivity index (χ1) is 11.5. The third kappa shape index (κ3) is 5.45. The van der Waals surface area contributed by atoms with E-state index < -0.39 is 11.9 Å². The van der Waals surface area contributed by atoms with Gasteiger partial charge in [0.25, 0.3) is 5.91 Å². The molecule has 0 bridgehead atoms. The summed E-state index contributed by atoms with van der Waals surface area (Å²) < 4.78 is 9.89. The second kappa shape index (κ2) is 8.33. The molecular formula is C17H16N2O5. The summed E-state index contributed by atoms with van der Waals surface area (Å²) in [6.45, 7) is 3.56. The predicted molar refractivity (Wildman–Crippen MR) is 85.3 cm³/mol. The van der Waals surface area contributed by atoms with Gasteiger partial charge in [-0.05, 0) is 12.1 Å². The number of esters is 2. The molecule has 0 saturated carbocycles. The van der Waals surface area contributed by atoms with Crippen LogP contribution in [0.25, 0.3) is 0 Å². The molecule has 7 heteroatoms. The van der Waals surface area contributed by atoms with Crippen molar-refractivity contribution in [1.82, 2.24) is 10.6 Å². The average molecular weight is 328 g/mol. The maximum Gasteiger partial charge on any atom is 0.336 e. The molecule has 1 heterocycles. The van der Waals surface area contributed by atoms with Crippen LogP contribution in [0.2, 0.25) is 0 Å². The number of para-hydroxylation sites is 1. The molecule has 2 rings (SSSR count). The molecule has 0 unspecified atom stereocenters. The SMILES string of the molecule is C=C1NC=C(CCOC(=O)/C=C/C(=O)Oc2ccccc2)C(=O)N1. The second-order valence-electron chi connectivity index (χ2n) is 4.73. The maximum absolute atomic E-state index is 11.6. The van der Waals surface area contributed by atoms with E-state index in [4.69, 9.17) is 9.47 Å². The van der Waals surface area contributed by atoms with Crippen LogP contribution < -0.4 is 15.4 Å². The van der Waals surface area contributed by atoms with Crippen LogP contribution in [0.4, 0.5) is 0 Å². The van der Waals surface area contributed by atoms with Crippen molar-refractivity contribution < 1.29 is 23.9 Å². The standard InChI is InChI=1S/C17H16N2O5/c1-12-18-11-13(17(22)19-12)9-10-23-15(20)7-8-16(21)24-14-5-3-2-4-6-14/h2-8,11,18H,1,9-10H2,(H,19,22)/b8-7+. The Morgan fingerprint density at radius 1 is 1.12 bits per heavy atom. The quantitative estimate of drug-likeness (QED) is 0.462. The molecule has 0 saturated heterocycles. The minimum absolute atomic E-state index is 0.00428. The van der Waals surface area contributed by atoms with Crippen LogP contribution in [0.15, 0.2) is 66.7 Å². The van der Waals surface area contributed by atoms with Crippen molar-refractivity contribution in [3.8, 4) is 5.75 Å². The number of ether oxygens (including phenoxy) is 2. The van der Waals surface area contributed by atoms with E-state index >= 15 is 0 Å². The lowest BCUT2D eigenvalue weighted by Gasteiger charge is -2.16. The Morgan fingerprint density at radius 2 is 1.83 bits per heavy atom. The zero-order valence-electron chi connectivity index (χ0n) is 12.8. The molecule has 0 aliphatic carbocycles. The molecule has 1 aromatic carbocycles. The summed E-state index contributed by atoms with van der Waals surface area (Å²) in [5, 5.41) is 5.26. The summed E-state index contributed by atoms with van der Waals surface area (Å²) in [4.78, 5) is 34.6. The third-order valence-electron chi connectivity index (χ3n) is 2.91. The van der Waals surface area contributed by atoms with Crippen molar-refractivity contribution in [1.29, 1.82) is 0 Å². The molecule has 0 fully saturated rings. The van der Waals surface area contributed by atoms with Crippen molar-refractivity contribution >= 4 is 17.8 Å². The Bertz CT molecular complexity index is 707. The number of carbonyl (C=O) groups is 3. The zero-order valence-corrected chi connectivity index (χ0v) is 12.8. The van der Waals surface area contributed by atoms with Gasteiger partial charge in [-0.1, -0.05) is 24.8 Å². The average Bonchev–Trinajstić information content (AvgIpc) is 2.56. The molecule has 1 aliphatic rings. The lowest BCUT2D eigenvalue weighted by molar-refractivity contribution is -0.138. The van der Waals surface area contributed by atoms with Gasteiger partial charge in [-0.2, -0.15) is 0 Å². The van der Waals surface area contributed by atoms with E-state index in [-0.39, 0.29) is 18.9 Å². The van der Waals surface area contributed by atoms with Gasteiger partial charge < -0.3 is 20.1 Å². The van der Waals surface area contributed by atoms with E-state index in [1.165, 1.54) is 6.20 Å². The number of amides is 1. The first kappa shape index (κ1) is 17.0. The molecule has 124 valence electrons. The smallest absolute Gasteiger partial charge is 0.336 e. The van der Waals surface area contributed by atoms with Gasteiger partial charge in [0.05, 0.1) is 6.61 Å². The number of benzene rings is 1. The van der Waals surface area contributed by atoms with Crippen molar-refractivity contribution in [2.24, 2.45) is 0 Å². The van der Waals surface area contributed by atoms with Crippen LogP contribution in [0.1, 0.15) is 6.42 Å². The fourth-order valence-corrected chi connectivity index (χ4v) is 1.76. The molecule has 1 aliphatic heterocycles. The number of carbonyl (C=O) groups excluding carboxylic acids is 3. The Kier molecular flexibility index (Phi) is 5.90. The van der Waals surface area contributed by atoms with Crippen molar-refractivity contribution in [3.05, 3.63) is 66.7 Å². The zero-order chi connectivity index (χ0) is 17.4. The monoisotopic (exact) mass is 328 g/mol. The van der Waals surface area contributed by atoms with E-state index in [1.54, 1.807) is 30.3 Å². The fourth-order valence-electron chi connectivity index (χ4n) is 1.76. The largest absolute Gasteiger partial charge is 0.462 e. The minimum atomic E-state index is -0.700. The van der Waals surface area contributed by atoms with Gasteiger partial charge >= 0.3 is 11.9 Å². The molecule has 0 aromatic heterocycles. The Balaban J connectivity index is 1.72. The molecule has 7 nitrogen and oxygen atoms in total. The summed E-state index contributed by atoms with van der Waals surface area (Å²) in [6.07, 6.45) is 3.69. The molecule has 2 N–H and O–H groups in total. The summed E-state index contributed by atoms with van der Waals surface area (Å²) in [5.74, 6) is -0.910. The van der Waals surface area contributed by atoms with Crippen LogP contribution in [0, 0.1) is 0 Å². The minimum Gasteiger partial charge on any atom is -0.462 e. The summed E-state index contributed by atoms with van der Waals surface area (Å²) >= 11 is 0. The fraction of sp³-hybridized carbons (Fsp3) is 0.118. The molecule has 24 heavy (non-hydrogen) atoms. The van der Waals surface area contributed by atoms with Gasteiger partial charge in [0.2, 0.25) is 0 Å². The molecule has 0 spiro atoms. The van der Waals surface area contributed by atoms with Crippen molar-refractivity contribution in [2.45, 2.75) is 6.42 Å². The number of rotatable bonds is 6. The van der Waals surface area contributed by atoms with Gasteiger partial charge in [-0.25, -0.2) is 9.59 Å². The third-order valence-corrected chi connectivity index (χ3v) is 2.91. The lowest BCUT2D eigenvalue weighted by Crippen LogP contribution is -2.35. The van der Waals surface area contributed by atoms with Crippen LogP contribution in [0.5, 0.6) is 5.75 Å². The normalized spacial score (nSPS) is 13.8. The maximum atomic E-state index is 11.6. The Labute approximate surface area is 138 Å². The first-order valence-corrected chi connectivity index (χ1v) is 7.12. The van der Waals surface area contributed by atoms with Gasteiger partial charge in [0, 0.05) is 30.3 Å². The van der Waals surface area contributed by atoms with E-state index in [0.29, 0.717) is 17.1 Å². The first-order valence-electron chi connectivity index (χ1n) is 7.12. The number of hydrogen-bond donors (Lipinski definition) is 2. The molecular weight excluding hydrogens is 312 g/mol. The highest BCUT2D eigenvalue weighted by Crippen LogP contribution is 2.09. The molecule has 1 amide bonds. The highest BCUT2D eigenvalue weighted by atomic mass is 16.5. The number of nitrogens with one attached hydrogen (secondary N) is 2. The summed E-state index contributed by atoms with van der Waals surface area (Å²) in [6, 6.07) is 8.48. The number of hydrogen-bond acceptors (Lipinski definition) is 6. The van der Waals surface area contributed by atoms with Crippen molar-refractivity contribution in [2.75, 3.05) is 6.61 Å². The van der Waals surface area contributed by atoms with Crippen LogP contribution in [0.3, 0.4) is 0 Å². The van der Waals surface area contributed by atoms with Gasteiger partial charge in [0.1, 0.15) is 11.6 Å². The Hall–Kier alpha value is -3.35. The van der Waals surface area contributed by atoms with Gasteiger partial charge in [0.15, 0.2) is 0 Å². The predicted octanol–water partition coefficient (Wildman–Crippen LogP) is 1.16. The Morgan fingerprint density at radius 3 is 2.54 bits per heavy atom. The summed E-state index contributed by atoms with van der Waals surface area (Å²) in [5.41, 5.74) is 0.433. The topological polar surface area (TPSA) is 93.7 Å². The highest BCUT2D eigenvalue weighted by Gasteiger charge is 2.15. The van der Waals surface area contributed by atoms with Gasteiger partial charge in [-0.15, -0.1) is 0 Å². The molecule has 1 aromatic rings. The molecule has 0 radical (unpaired) electrons. The molecule has 0 atom stereocenters. The second-order valence-corrected chi connectivity index (χ2v) is 4.73. The van der Waals surface area contributed by atoms with E-state index in [0.717, 1.165) is 12.2 Å². The summed E-state index contributed by atoms with van der Waals surface area (Å²) in [7, 11) is 0. The van der Waals surface area contributed by atoms with Crippen molar-refractivity contribution in [3.63, 3.8) is 0 Å². The van der Waals surface area contributed by atoms with E-state index in [2.05, 4.69) is 17.2 Å². The van der Waals surface area contributed by atoms with Crippen LogP contribution in [-0.4, -0.2) is 24.5 Å². The van der Waals surface area contributed by atoms with Crippen LogP contribution in [-0.2, 0) is 19.1 Å². The van der Waals surface area contributed by atoms with E-state index in [1.807, 2.05) is 0 Å². The lowest BCUT2D eigenvalue weighted by atomic mass is 10.2. The van der Waals surface area contributed by atoms with Crippen LogP contribution >= 0.6 is 0 Å². The highest BCUT2D eigenvalue weighted by molar-refractivity contribution is 5.95. The van der Waals surface area contributed by atoms with E-state index in [9.17, 15) is 14.4 Å².